The largest absolute Gasteiger partial charge is 0.616 e. The van der Waals surface area contributed by atoms with E-state index >= 15 is 0 Å². The second kappa shape index (κ2) is 16.7. The highest BCUT2D eigenvalue weighted by atomic mass is 32.2. The number of aromatic hydroxyl groups is 2. The van der Waals surface area contributed by atoms with Gasteiger partial charge in [-0.25, -0.2) is 0 Å². The number of hydrogen-bond acceptors (Lipinski definition) is 4. The van der Waals surface area contributed by atoms with Crippen molar-refractivity contribution in [3.05, 3.63) is 59.2 Å². The maximum atomic E-state index is 13.0. The maximum absolute atomic E-state index is 13.0. The van der Waals surface area contributed by atoms with Crippen LogP contribution < -0.4 is 0 Å². The molecule has 0 spiro atoms. The van der Waals surface area contributed by atoms with Crippen LogP contribution in [0.3, 0.4) is 0 Å². The second-order valence-corrected chi connectivity index (χ2v) is 13.2. The summed E-state index contributed by atoms with van der Waals surface area (Å²) < 4.78 is 74.5. The number of nitrogens with zero attached hydrogens (tertiary/aromatic N) is 1. The van der Waals surface area contributed by atoms with E-state index in [1.54, 1.807) is 12.1 Å². The van der Waals surface area contributed by atoms with Gasteiger partial charge < -0.3 is 19.7 Å². The monoisotopic (exact) mass is 629 g/mol. The van der Waals surface area contributed by atoms with Crippen LogP contribution in [0.4, 0.5) is 22.0 Å². The molecule has 240 valence electrons. The van der Waals surface area contributed by atoms with E-state index < -0.39 is 36.1 Å². The standard InChI is InChI=1S/C33H44F5NO3S/c1-39(20-6-3-7-21-43(42)22-10-18-32(34,35)33(36,37)38)19-5-2-4-14-31-29(25-11-8-13-27(40)23-25)15-9-12-26-24-28(41)16-17-30(26)31/h8,11,13,16-17,23-24,40-41H,2-7,9-10,12,14-15,18-22H2,1H3. The van der Waals surface area contributed by atoms with Gasteiger partial charge in [0, 0.05) is 6.42 Å². The minimum Gasteiger partial charge on any atom is -0.616 e. The van der Waals surface area contributed by atoms with Gasteiger partial charge in [-0.05, 0) is 136 Å². The fourth-order valence-corrected chi connectivity index (χ4v) is 6.84. The molecule has 0 fully saturated rings. The van der Waals surface area contributed by atoms with Crippen LogP contribution in [-0.2, 0) is 17.6 Å². The molecular formula is C33H44F5NO3S. The molecule has 1 aliphatic rings. The van der Waals surface area contributed by atoms with E-state index in [4.69, 9.17) is 0 Å². The summed E-state index contributed by atoms with van der Waals surface area (Å²) in [7, 11) is 2.06. The molecule has 0 saturated heterocycles. The van der Waals surface area contributed by atoms with Crippen molar-refractivity contribution in [2.24, 2.45) is 0 Å². The molecule has 0 radical (unpaired) electrons. The highest BCUT2D eigenvalue weighted by Gasteiger charge is 2.56. The Hall–Kier alpha value is -2.30. The number of benzene rings is 2. The Labute approximate surface area is 255 Å². The molecule has 3 rings (SSSR count). The van der Waals surface area contributed by atoms with Crippen LogP contribution >= 0.6 is 0 Å². The summed E-state index contributed by atoms with van der Waals surface area (Å²) in [6.07, 6.45) is 1.94. The fraction of sp³-hybridized carbons (Fsp3) is 0.576. The van der Waals surface area contributed by atoms with Gasteiger partial charge in [-0.15, -0.1) is 0 Å². The topological polar surface area (TPSA) is 66.8 Å². The van der Waals surface area contributed by atoms with Gasteiger partial charge in [-0.2, -0.15) is 22.0 Å². The smallest absolute Gasteiger partial charge is 0.453 e. The highest BCUT2D eigenvalue weighted by Crippen LogP contribution is 2.41. The lowest BCUT2D eigenvalue weighted by Crippen LogP contribution is -2.36. The average Bonchev–Trinajstić information content (AvgIpc) is 3.11. The fourth-order valence-electron chi connectivity index (χ4n) is 5.64. The second-order valence-electron chi connectivity index (χ2n) is 11.5. The molecule has 0 amide bonds. The molecule has 0 heterocycles. The van der Waals surface area contributed by atoms with Gasteiger partial charge >= 0.3 is 12.1 Å². The minimum absolute atomic E-state index is 0.133. The van der Waals surface area contributed by atoms with Crippen molar-refractivity contribution >= 4 is 22.3 Å². The number of unbranched alkanes of at least 4 members (excludes halogenated alkanes) is 4. The van der Waals surface area contributed by atoms with Crippen LogP contribution in [0, 0.1) is 0 Å². The molecule has 2 aromatic carbocycles. The van der Waals surface area contributed by atoms with Gasteiger partial charge in [0.25, 0.3) is 0 Å². The molecule has 1 atom stereocenters. The first kappa shape index (κ1) is 35.2. The lowest BCUT2D eigenvalue weighted by atomic mass is 9.89. The van der Waals surface area contributed by atoms with Crippen LogP contribution in [-0.4, -0.2) is 63.4 Å². The number of aryl methyl sites for hydroxylation is 1. The Morgan fingerprint density at radius 3 is 2.19 bits per heavy atom. The summed E-state index contributed by atoms with van der Waals surface area (Å²) in [6.45, 7) is 1.83. The summed E-state index contributed by atoms with van der Waals surface area (Å²) in [6, 6.07) is 13.1. The zero-order valence-electron chi connectivity index (χ0n) is 24.9. The van der Waals surface area contributed by atoms with E-state index in [9.17, 15) is 36.7 Å². The number of phenols is 2. The van der Waals surface area contributed by atoms with E-state index in [2.05, 4.69) is 11.9 Å². The van der Waals surface area contributed by atoms with Crippen molar-refractivity contribution in [1.29, 1.82) is 0 Å². The lowest BCUT2D eigenvalue weighted by molar-refractivity contribution is -0.284. The number of rotatable bonds is 17. The predicted octanol–water partition coefficient (Wildman–Crippen LogP) is 8.73. The van der Waals surface area contributed by atoms with E-state index in [0.29, 0.717) is 12.2 Å². The third-order valence-corrected chi connectivity index (χ3v) is 9.49. The Balaban J connectivity index is 1.37. The maximum Gasteiger partial charge on any atom is 0.453 e. The van der Waals surface area contributed by atoms with E-state index in [1.165, 1.54) is 16.7 Å². The zero-order chi connectivity index (χ0) is 31.5. The molecule has 0 saturated carbocycles. The van der Waals surface area contributed by atoms with Crippen molar-refractivity contribution in [1.82, 2.24) is 4.90 Å². The van der Waals surface area contributed by atoms with Crippen molar-refractivity contribution in [3.63, 3.8) is 0 Å². The molecule has 43 heavy (non-hydrogen) atoms. The van der Waals surface area contributed by atoms with E-state index in [0.717, 1.165) is 82.0 Å². The van der Waals surface area contributed by atoms with Crippen LogP contribution in [0.25, 0.3) is 11.1 Å². The third kappa shape index (κ3) is 11.3. The van der Waals surface area contributed by atoms with Gasteiger partial charge in [-0.1, -0.05) is 35.8 Å². The number of hydrogen-bond donors (Lipinski definition) is 2. The van der Waals surface area contributed by atoms with Gasteiger partial charge in [0.05, 0.1) is 0 Å². The van der Waals surface area contributed by atoms with E-state index in [1.807, 2.05) is 30.3 Å². The predicted molar refractivity (Wildman–Crippen MR) is 164 cm³/mol. The Kier molecular flexibility index (Phi) is 13.6. The highest BCUT2D eigenvalue weighted by molar-refractivity contribution is 7.91. The summed E-state index contributed by atoms with van der Waals surface area (Å²) in [5.41, 5.74) is 5.95. The minimum atomic E-state index is -5.55. The number of halogens is 5. The van der Waals surface area contributed by atoms with Crippen molar-refractivity contribution in [2.75, 3.05) is 31.6 Å². The van der Waals surface area contributed by atoms with Crippen LogP contribution in [0.5, 0.6) is 11.5 Å². The van der Waals surface area contributed by atoms with Crippen molar-refractivity contribution in [2.45, 2.75) is 89.1 Å². The molecule has 10 heteroatoms. The molecular weight excluding hydrogens is 585 g/mol. The van der Waals surface area contributed by atoms with Crippen LogP contribution in [0.15, 0.2) is 42.5 Å². The van der Waals surface area contributed by atoms with Gasteiger partial charge in [0.15, 0.2) is 0 Å². The van der Waals surface area contributed by atoms with Crippen molar-refractivity contribution < 1.29 is 36.7 Å². The van der Waals surface area contributed by atoms with E-state index in [-0.39, 0.29) is 17.3 Å². The molecule has 2 N–H and O–H groups in total. The first-order chi connectivity index (χ1) is 20.4. The molecule has 1 unspecified atom stereocenters. The third-order valence-electron chi connectivity index (χ3n) is 8.00. The first-order valence-corrected chi connectivity index (χ1v) is 16.7. The van der Waals surface area contributed by atoms with Crippen molar-refractivity contribution in [3.8, 4) is 11.5 Å². The summed E-state index contributed by atoms with van der Waals surface area (Å²) in [5, 5.41) is 20.2. The number of phenolic OH excluding ortho intramolecular Hbond substituents is 2. The number of allylic oxidation sites excluding steroid dienone is 2. The van der Waals surface area contributed by atoms with Gasteiger partial charge in [0.2, 0.25) is 0 Å². The SMILES string of the molecule is CN(CCCCCC1=C(c2cccc(O)c2)CCCc2cc(O)ccc21)CCCCC[S+]([O-])CCCC(F)(F)C(F)(F)F. The molecule has 0 bridgehead atoms. The Morgan fingerprint density at radius 2 is 1.49 bits per heavy atom. The van der Waals surface area contributed by atoms with Crippen LogP contribution in [0.1, 0.15) is 87.3 Å². The Bertz CT molecular complexity index is 1190. The summed E-state index contributed by atoms with van der Waals surface area (Å²) in [5.74, 6) is -4.00. The number of alkyl halides is 5. The molecule has 0 aromatic heterocycles. The molecule has 4 nitrogen and oxygen atoms in total. The number of fused-ring (bicyclic) bond motifs is 1. The zero-order valence-corrected chi connectivity index (χ0v) is 25.7. The molecule has 1 aliphatic carbocycles. The average molecular weight is 630 g/mol. The van der Waals surface area contributed by atoms with Crippen LogP contribution in [0.2, 0.25) is 0 Å². The quantitative estimate of drug-likeness (QED) is 0.104. The Morgan fingerprint density at radius 1 is 0.814 bits per heavy atom. The molecule has 2 aromatic rings. The molecule has 0 aliphatic heterocycles. The van der Waals surface area contributed by atoms with Gasteiger partial charge in [0.1, 0.15) is 23.0 Å². The lowest BCUT2D eigenvalue weighted by Gasteiger charge is -2.20. The first-order valence-electron chi connectivity index (χ1n) is 15.2. The summed E-state index contributed by atoms with van der Waals surface area (Å²) >= 11 is -1.38. The van der Waals surface area contributed by atoms with Gasteiger partial charge in [-0.3, -0.25) is 0 Å². The summed E-state index contributed by atoms with van der Waals surface area (Å²) in [4.78, 5) is 2.26. The normalized spacial score (nSPS) is 15.1.